The lowest BCUT2D eigenvalue weighted by atomic mass is 10.2. The fourth-order valence-electron chi connectivity index (χ4n) is 1.85. The molecule has 13 heavy (non-hydrogen) atoms. The van der Waals surface area contributed by atoms with Gasteiger partial charge < -0.3 is 0 Å². The molecule has 1 aliphatic heterocycles. The molecular weight excluding hydrogens is 168 g/mol. The zero-order chi connectivity index (χ0) is 9.59. The largest absolute Gasteiger partial charge is 0.274 e. The zero-order valence-corrected chi connectivity index (χ0v) is 7.36. The van der Waals surface area contributed by atoms with Gasteiger partial charge in [-0.2, -0.15) is 5.26 Å². The van der Waals surface area contributed by atoms with E-state index in [0.717, 1.165) is 4.90 Å². The molecule has 1 heterocycles. The molecule has 0 N–H and O–H groups in total. The summed E-state index contributed by atoms with van der Waals surface area (Å²) in [5.74, 6) is -0.448. The number of nitriles is 1. The maximum Gasteiger partial charge on any atom is 0.234 e. The van der Waals surface area contributed by atoms with Gasteiger partial charge in [-0.1, -0.05) is 6.92 Å². The maximum absolute atomic E-state index is 11.5. The minimum Gasteiger partial charge on any atom is -0.274 e. The number of hydrogen-bond donors (Lipinski definition) is 0. The third-order valence-corrected chi connectivity index (χ3v) is 2.75. The van der Waals surface area contributed by atoms with Crippen LogP contribution in [0.15, 0.2) is 0 Å². The highest BCUT2D eigenvalue weighted by molar-refractivity contribution is 6.09. The molecule has 0 spiro atoms. The third kappa shape index (κ3) is 0.966. The summed E-state index contributed by atoms with van der Waals surface area (Å²) in [7, 11) is 0. The first-order chi connectivity index (χ1) is 6.20. The maximum atomic E-state index is 11.5. The van der Waals surface area contributed by atoms with Crippen molar-refractivity contribution < 1.29 is 9.59 Å². The van der Waals surface area contributed by atoms with E-state index >= 15 is 0 Å². The van der Waals surface area contributed by atoms with Crippen LogP contribution in [0.4, 0.5) is 0 Å². The van der Waals surface area contributed by atoms with E-state index in [2.05, 4.69) is 0 Å². The minimum absolute atomic E-state index is 0.0881. The highest BCUT2D eigenvalue weighted by Gasteiger charge is 2.60. The van der Waals surface area contributed by atoms with Gasteiger partial charge in [0.2, 0.25) is 11.8 Å². The van der Waals surface area contributed by atoms with Crippen molar-refractivity contribution in [2.45, 2.75) is 25.8 Å². The second-order valence-corrected chi connectivity index (χ2v) is 3.55. The number of amides is 2. The van der Waals surface area contributed by atoms with Crippen LogP contribution in [0.5, 0.6) is 0 Å². The van der Waals surface area contributed by atoms with Crippen molar-refractivity contribution in [2.24, 2.45) is 11.8 Å². The Morgan fingerprint density at radius 2 is 2.08 bits per heavy atom. The fourth-order valence-corrected chi connectivity index (χ4v) is 1.85. The average Bonchev–Trinajstić information content (AvgIpc) is 2.86. The molecule has 0 aromatic heterocycles. The lowest BCUT2D eigenvalue weighted by molar-refractivity contribution is -0.142. The van der Waals surface area contributed by atoms with E-state index in [4.69, 9.17) is 5.26 Å². The summed E-state index contributed by atoms with van der Waals surface area (Å²) in [5, 5.41) is 8.73. The smallest absolute Gasteiger partial charge is 0.234 e. The van der Waals surface area contributed by atoms with Crippen LogP contribution in [0.1, 0.15) is 19.8 Å². The first-order valence-corrected chi connectivity index (χ1v) is 4.47. The Kier molecular flexibility index (Phi) is 1.62. The van der Waals surface area contributed by atoms with Gasteiger partial charge >= 0.3 is 0 Å². The predicted octanol–water partition coefficient (Wildman–Crippen LogP) is 0.293. The van der Waals surface area contributed by atoms with Crippen LogP contribution in [0.25, 0.3) is 0 Å². The molecule has 1 aliphatic carbocycles. The number of likely N-dealkylation sites (tertiary alicyclic amines) is 1. The van der Waals surface area contributed by atoms with Crippen molar-refractivity contribution in [2.75, 3.05) is 0 Å². The van der Waals surface area contributed by atoms with E-state index in [-0.39, 0.29) is 23.7 Å². The van der Waals surface area contributed by atoms with E-state index in [1.807, 2.05) is 6.07 Å². The van der Waals surface area contributed by atoms with Gasteiger partial charge in [-0.3, -0.25) is 14.5 Å². The summed E-state index contributed by atoms with van der Waals surface area (Å²) in [5.41, 5.74) is 0. The van der Waals surface area contributed by atoms with Crippen LogP contribution in [-0.4, -0.2) is 22.8 Å². The summed E-state index contributed by atoms with van der Waals surface area (Å²) in [4.78, 5) is 24.1. The highest BCUT2D eigenvalue weighted by Crippen LogP contribution is 2.47. The monoisotopic (exact) mass is 178 g/mol. The van der Waals surface area contributed by atoms with Crippen LogP contribution in [-0.2, 0) is 9.59 Å². The SMILES string of the molecule is CCC(C#N)N1C(=O)C2CC2C1=O. The second kappa shape index (κ2) is 2.56. The van der Waals surface area contributed by atoms with Crippen molar-refractivity contribution in [1.82, 2.24) is 4.90 Å². The molecule has 68 valence electrons. The standard InChI is InChI=1S/C9H10N2O2/c1-2-5(4-10)11-8(12)6-3-7(6)9(11)13/h5-7H,2-3H2,1H3. The highest BCUT2D eigenvalue weighted by atomic mass is 16.2. The summed E-state index contributed by atoms with van der Waals surface area (Å²) in [6.45, 7) is 1.80. The van der Waals surface area contributed by atoms with Gasteiger partial charge in [-0.25, -0.2) is 0 Å². The van der Waals surface area contributed by atoms with Crippen molar-refractivity contribution in [3.63, 3.8) is 0 Å². The molecule has 0 aromatic rings. The molecule has 2 fully saturated rings. The number of rotatable bonds is 2. The quantitative estimate of drug-likeness (QED) is 0.571. The van der Waals surface area contributed by atoms with Gasteiger partial charge in [0.05, 0.1) is 17.9 Å². The van der Waals surface area contributed by atoms with Gasteiger partial charge in [0, 0.05) is 0 Å². The first kappa shape index (κ1) is 8.24. The second-order valence-electron chi connectivity index (χ2n) is 3.55. The topological polar surface area (TPSA) is 61.2 Å². The van der Waals surface area contributed by atoms with E-state index in [0.29, 0.717) is 12.8 Å². The molecule has 4 nitrogen and oxygen atoms in total. The molecule has 0 aromatic carbocycles. The summed E-state index contributed by atoms with van der Waals surface area (Å²) >= 11 is 0. The Labute approximate surface area is 76.1 Å². The molecule has 4 heteroatoms. The summed E-state index contributed by atoms with van der Waals surface area (Å²) in [6, 6.07) is 1.43. The molecule has 0 bridgehead atoms. The van der Waals surface area contributed by atoms with Gasteiger partial charge in [0.25, 0.3) is 0 Å². The molecule has 1 saturated carbocycles. The normalized spacial score (nSPS) is 32.8. The number of nitrogens with zero attached hydrogens (tertiary/aromatic N) is 2. The molecule has 2 amide bonds. The number of imide groups is 1. The van der Waals surface area contributed by atoms with E-state index < -0.39 is 6.04 Å². The number of carbonyl (C=O) groups is 2. The molecule has 3 unspecified atom stereocenters. The lowest BCUT2D eigenvalue weighted by Crippen LogP contribution is -2.40. The van der Waals surface area contributed by atoms with Crippen molar-refractivity contribution in [3.05, 3.63) is 0 Å². The van der Waals surface area contributed by atoms with E-state index in [1.165, 1.54) is 0 Å². The van der Waals surface area contributed by atoms with Gasteiger partial charge in [0.15, 0.2) is 0 Å². The lowest BCUT2D eigenvalue weighted by Gasteiger charge is -2.20. The average molecular weight is 178 g/mol. The molecule has 3 atom stereocenters. The van der Waals surface area contributed by atoms with Gasteiger partial charge in [-0.15, -0.1) is 0 Å². The Bertz CT molecular complexity index is 298. The van der Waals surface area contributed by atoms with Crippen molar-refractivity contribution >= 4 is 11.8 Å². The number of carbonyl (C=O) groups excluding carboxylic acids is 2. The van der Waals surface area contributed by atoms with Crippen LogP contribution in [0, 0.1) is 23.2 Å². The van der Waals surface area contributed by atoms with E-state index in [1.54, 1.807) is 6.92 Å². The van der Waals surface area contributed by atoms with Gasteiger partial charge in [0.1, 0.15) is 6.04 Å². The molecule has 2 rings (SSSR count). The summed E-state index contributed by atoms with van der Waals surface area (Å²) < 4.78 is 0. The van der Waals surface area contributed by atoms with Crippen LogP contribution in [0.3, 0.4) is 0 Å². The summed E-state index contributed by atoms with van der Waals surface area (Å²) in [6.07, 6.45) is 1.23. The Balaban J connectivity index is 2.21. The third-order valence-electron chi connectivity index (χ3n) is 2.75. The Hall–Kier alpha value is -1.37. The molecule has 0 radical (unpaired) electrons. The number of fused-ring (bicyclic) bond motifs is 1. The predicted molar refractivity (Wildman–Crippen MR) is 43.1 cm³/mol. The zero-order valence-electron chi connectivity index (χ0n) is 7.36. The molecule has 2 aliphatic rings. The van der Waals surface area contributed by atoms with Crippen LogP contribution < -0.4 is 0 Å². The minimum atomic E-state index is -0.548. The number of piperidine rings is 1. The van der Waals surface area contributed by atoms with Crippen molar-refractivity contribution in [3.8, 4) is 6.07 Å². The Morgan fingerprint density at radius 3 is 2.46 bits per heavy atom. The first-order valence-electron chi connectivity index (χ1n) is 4.47. The number of hydrogen-bond acceptors (Lipinski definition) is 3. The van der Waals surface area contributed by atoms with Gasteiger partial charge in [-0.05, 0) is 12.8 Å². The fraction of sp³-hybridized carbons (Fsp3) is 0.667. The van der Waals surface area contributed by atoms with E-state index in [9.17, 15) is 9.59 Å². The molecule has 1 saturated heterocycles. The van der Waals surface area contributed by atoms with Crippen LogP contribution >= 0.6 is 0 Å². The van der Waals surface area contributed by atoms with Crippen LogP contribution in [0.2, 0.25) is 0 Å². The van der Waals surface area contributed by atoms with Crippen molar-refractivity contribution in [1.29, 1.82) is 5.26 Å². The Morgan fingerprint density at radius 1 is 1.54 bits per heavy atom. The molecular formula is C9H10N2O2.